The second kappa shape index (κ2) is 3.77. The third-order valence-electron chi connectivity index (χ3n) is 2.49. The van der Waals surface area contributed by atoms with Gasteiger partial charge in [-0.2, -0.15) is 4.31 Å². The van der Waals surface area contributed by atoms with Crippen LogP contribution in [0, 0.1) is 0 Å². The predicted molar refractivity (Wildman–Crippen MR) is 52.8 cm³/mol. The summed E-state index contributed by atoms with van der Waals surface area (Å²) in [7, 11) is -1.20. The van der Waals surface area contributed by atoms with Crippen molar-refractivity contribution in [1.29, 1.82) is 0 Å². The van der Waals surface area contributed by atoms with Gasteiger partial charge in [0.1, 0.15) is 0 Å². The van der Waals surface area contributed by atoms with Gasteiger partial charge in [0.2, 0.25) is 10.0 Å². The molecule has 1 fully saturated rings. The molecule has 0 N–H and O–H groups in total. The van der Waals surface area contributed by atoms with Crippen LogP contribution in [0.2, 0.25) is 0 Å². The lowest BCUT2D eigenvalue weighted by Gasteiger charge is -2.36. The molecule has 0 spiro atoms. The Morgan fingerprint density at radius 3 is 2.54 bits per heavy atom. The van der Waals surface area contributed by atoms with E-state index in [0.717, 1.165) is 12.0 Å². The number of hydrogen-bond acceptors (Lipinski definition) is 3. The molecule has 1 atom stereocenters. The van der Waals surface area contributed by atoms with E-state index in [2.05, 4.69) is 11.5 Å². The van der Waals surface area contributed by atoms with Crippen LogP contribution >= 0.6 is 0 Å². The fourth-order valence-electron chi connectivity index (χ4n) is 1.35. The van der Waals surface area contributed by atoms with Gasteiger partial charge in [-0.25, -0.2) is 8.42 Å². The van der Waals surface area contributed by atoms with Crippen molar-refractivity contribution in [3.63, 3.8) is 0 Å². The quantitative estimate of drug-likeness (QED) is 0.640. The highest BCUT2D eigenvalue weighted by Gasteiger charge is 2.27. The first kappa shape index (κ1) is 10.7. The van der Waals surface area contributed by atoms with Gasteiger partial charge in [0, 0.05) is 31.1 Å². The Hall–Kier alpha value is -0.390. The van der Waals surface area contributed by atoms with E-state index in [4.69, 9.17) is 0 Å². The van der Waals surface area contributed by atoms with Gasteiger partial charge in [0.05, 0.1) is 0 Å². The van der Waals surface area contributed by atoms with Crippen LogP contribution < -0.4 is 0 Å². The molecule has 13 heavy (non-hydrogen) atoms. The Bertz CT molecular complexity index is 287. The molecule has 4 nitrogen and oxygen atoms in total. The van der Waals surface area contributed by atoms with Crippen LogP contribution in [0.1, 0.15) is 6.92 Å². The van der Waals surface area contributed by atoms with Gasteiger partial charge < -0.3 is 4.90 Å². The molecule has 0 radical (unpaired) electrons. The summed E-state index contributed by atoms with van der Waals surface area (Å²) in [6.45, 7) is 7.24. The first-order valence-electron chi connectivity index (χ1n) is 4.30. The number of hydrogen-bond donors (Lipinski definition) is 0. The van der Waals surface area contributed by atoms with Crippen molar-refractivity contribution < 1.29 is 8.42 Å². The smallest absolute Gasteiger partial charge is 0.235 e. The average Bonchev–Trinajstić information content (AvgIpc) is 2.09. The van der Waals surface area contributed by atoms with E-state index in [-0.39, 0.29) is 6.04 Å². The van der Waals surface area contributed by atoms with Crippen LogP contribution in [0.25, 0.3) is 0 Å². The van der Waals surface area contributed by atoms with Crippen LogP contribution in [-0.4, -0.2) is 50.3 Å². The molecule has 76 valence electrons. The van der Waals surface area contributed by atoms with E-state index >= 15 is 0 Å². The fraction of sp³-hybridized carbons (Fsp3) is 0.750. The Kier molecular flexibility index (Phi) is 3.10. The fourth-order valence-corrected chi connectivity index (χ4v) is 2.32. The third-order valence-corrected chi connectivity index (χ3v) is 3.97. The lowest BCUT2D eigenvalue weighted by Crippen LogP contribution is -2.51. The van der Waals surface area contributed by atoms with E-state index in [9.17, 15) is 8.42 Å². The van der Waals surface area contributed by atoms with Gasteiger partial charge >= 0.3 is 0 Å². The van der Waals surface area contributed by atoms with Crippen molar-refractivity contribution in [3.05, 3.63) is 12.0 Å². The van der Waals surface area contributed by atoms with E-state index in [0.29, 0.717) is 13.1 Å². The lowest BCUT2D eigenvalue weighted by atomic mass is 10.2. The molecule has 0 aliphatic carbocycles. The largest absolute Gasteiger partial charge is 0.301 e. The van der Waals surface area contributed by atoms with Gasteiger partial charge in [0.25, 0.3) is 0 Å². The maximum absolute atomic E-state index is 11.4. The highest BCUT2D eigenvalue weighted by Crippen LogP contribution is 2.11. The van der Waals surface area contributed by atoms with Gasteiger partial charge in [-0.1, -0.05) is 6.58 Å². The first-order valence-corrected chi connectivity index (χ1v) is 5.80. The predicted octanol–water partition coefficient (Wildman–Crippen LogP) is 0.0956. The van der Waals surface area contributed by atoms with Crippen LogP contribution in [0.3, 0.4) is 0 Å². The Morgan fingerprint density at radius 2 is 2.08 bits per heavy atom. The maximum Gasteiger partial charge on any atom is 0.235 e. The maximum atomic E-state index is 11.4. The van der Waals surface area contributed by atoms with Crippen molar-refractivity contribution in [2.24, 2.45) is 0 Å². The Morgan fingerprint density at radius 1 is 1.46 bits per heavy atom. The van der Waals surface area contributed by atoms with Crippen molar-refractivity contribution in [3.8, 4) is 0 Å². The molecule has 0 aromatic carbocycles. The lowest BCUT2D eigenvalue weighted by molar-refractivity contribution is 0.160. The zero-order chi connectivity index (χ0) is 10.1. The minimum Gasteiger partial charge on any atom is -0.301 e. The Labute approximate surface area is 79.9 Å². The van der Waals surface area contributed by atoms with Crippen LogP contribution in [-0.2, 0) is 10.0 Å². The number of nitrogens with zero attached hydrogens (tertiary/aromatic N) is 2. The molecular weight excluding hydrogens is 188 g/mol. The monoisotopic (exact) mass is 204 g/mol. The summed E-state index contributed by atoms with van der Waals surface area (Å²) in [5, 5.41) is 1.02. The molecule has 1 aliphatic heterocycles. The van der Waals surface area contributed by atoms with E-state index in [1.807, 2.05) is 14.0 Å². The van der Waals surface area contributed by atoms with Crippen molar-refractivity contribution in [2.45, 2.75) is 13.0 Å². The molecule has 1 aliphatic rings. The normalized spacial score (nSPS) is 27.4. The molecule has 0 aromatic heterocycles. The van der Waals surface area contributed by atoms with Gasteiger partial charge in [-0.3, -0.25) is 0 Å². The number of likely N-dealkylation sites (N-methyl/N-ethyl adjacent to an activating group) is 1. The highest BCUT2D eigenvalue weighted by atomic mass is 32.2. The van der Waals surface area contributed by atoms with E-state index in [1.165, 1.54) is 4.31 Å². The molecular formula is C8H16N2O2S. The summed E-state index contributed by atoms with van der Waals surface area (Å²) in [4.78, 5) is 2.15. The van der Waals surface area contributed by atoms with Gasteiger partial charge in [-0.15, -0.1) is 0 Å². The zero-order valence-corrected chi connectivity index (χ0v) is 8.92. The SMILES string of the molecule is C=CS(=O)(=O)N1CCN(C)C(C)C1. The number of rotatable bonds is 2. The molecule has 1 unspecified atom stereocenters. The summed E-state index contributed by atoms with van der Waals surface area (Å²) >= 11 is 0. The summed E-state index contributed by atoms with van der Waals surface area (Å²) < 4.78 is 24.3. The molecule has 0 amide bonds. The van der Waals surface area contributed by atoms with Crippen LogP contribution in [0.4, 0.5) is 0 Å². The van der Waals surface area contributed by atoms with Crippen molar-refractivity contribution in [1.82, 2.24) is 9.21 Å². The molecule has 0 bridgehead atoms. The summed E-state index contributed by atoms with van der Waals surface area (Å²) in [6.07, 6.45) is 0. The molecule has 1 saturated heterocycles. The molecule has 1 rings (SSSR count). The van der Waals surface area contributed by atoms with Gasteiger partial charge in [0.15, 0.2) is 0 Å². The number of piperazine rings is 1. The minimum absolute atomic E-state index is 0.281. The number of sulfonamides is 1. The third kappa shape index (κ3) is 2.30. The molecule has 0 saturated carbocycles. The highest BCUT2D eigenvalue weighted by molar-refractivity contribution is 7.92. The van der Waals surface area contributed by atoms with Gasteiger partial charge in [-0.05, 0) is 14.0 Å². The topological polar surface area (TPSA) is 40.6 Å². The average molecular weight is 204 g/mol. The second-order valence-electron chi connectivity index (χ2n) is 3.40. The second-order valence-corrected chi connectivity index (χ2v) is 5.28. The van der Waals surface area contributed by atoms with Crippen molar-refractivity contribution >= 4 is 10.0 Å². The standard InChI is InChI=1S/C8H16N2O2S/c1-4-13(11,12)10-6-5-9(3)8(2)7-10/h4,8H,1,5-7H2,2-3H3. The summed E-state index contributed by atoms with van der Waals surface area (Å²) in [5.41, 5.74) is 0. The van der Waals surface area contributed by atoms with Crippen LogP contribution in [0.15, 0.2) is 12.0 Å². The molecule has 1 heterocycles. The van der Waals surface area contributed by atoms with Crippen molar-refractivity contribution in [2.75, 3.05) is 26.7 Å². The Balaban J connectivity index is 2.71. The minimum atomic E-state index is -3.21. The van der Waals surface area contributed by atoms with Crippen LogP contribution in [0.5, 0.6) is 0 Å². The first-order chi connectivity index (χ1) is 5.97. The molecule has 5 heteroatoms. The summed E-state index contributed by atoms with van der Waals surface area (Å²) in [6, 6.07) is 0.281. The van der Waals surface area contributed by atoms with E-state index < -0.39 is 10.0 Å². The van der Waals surface area contributed by atoms with E-state index in [1.54, 1.807) is 0 Å². The zero-order valence-electron chi connectivity index (χ0n) is 8.10. The summed E-state index contributed by atoms with van der Waals surface area (Å²) in [5.74, 6) is 0. The molecule has 0 aromatic rings.